The van der Waals surface area contributed by atoms with E-state index in [2.05, 4.69) is 15.5 Å². The Balaban J connectivity index is 1.44. The van der Waals surface area contributed by atoms with Crippen LogP contribution in [0.4, 0.5) is 0 Å². The topological polar surface area (TPSA) is 96.7 Å². The monoisotopic (exact) mass is 315 g/mol. The lowest BCUT2D eigenvalue weighted by atomic mass is 10.3. The van der Waals surface area contributed by atoms with E-state index in [0.29, 0.717) is 13.0 Å². The highest BCUT2D eigenvalue weighted by atomic mass is 16.2. The molecule has 0 aromatic carbocycles. The largest absolute Gasteiger partial charge is 0.356 e. The third-order valence-corrected chi connectivity index (χ3v) is 3.77. The molecule has 0 bridgehead atoms. The van der Waals surface area contributed by atoms with Gasteiger partial charge in [-0.1, -0.05) is 6.07 Å². The van der Waals surface area contributed by atoms with Crippen LogP contribution in [0.1, 0.15) is 25.1 Å². The van der Waals surface area contributed by atoms with Gasteiger partial charge in [0.2, 0.25) is 17.7 Å². The van der Waals surface area contributed by atoms with E-state index in [0.717, 1.165) is 16.4 Å². The van der Waals surface area contributed by atoms with Crippen molar-refractivity contribution in [2.45, 2.75) is 25.7 Å². The molecule has 0 radical (unpaired) electrons. The Hall–Kier alpha value is -2.77. The lowest BCUT2D eigenvalue weighted by molar-refractivity contribution is -0.138. The molecule has 3 rings (SSSR count). The molecule has 0 spiro atoms. The van der Waals surface area contributed by atoms with E-state index < -0.39 is 0 Å². The number of amides is 3. The highest BCUT2D eigenvalue weighted by Crippen LogP contribution is 2.11. The molecule has 3 heterocycles. The fourth-order valence-electron chi connectivity index (χ4n) is 2.55. The van der Waals surface area contributed by atoms with Crippen molar-refractivity contribution in [2.75, 3.05) is 13.1 Å². The lowest BCUT2D eigenvalue weighted by Gasteiger charge is -2.13. The molecule has 1 N–H and O–H groups in total. The van der Waals surface area contributed by atoms with Crippen LogP contribution in [-0.2, 0) is 20.8 Å². The summed E-state index contributed by atoms with van der Waals surface area (Å²) >= 11 is 0. The summed E-state index contributed by atoms with van der Waals surface area (Å²) in [4.78, 5) is 35.9. The second-order valence-corrected chi connectivity index (χ2v) is 5.33. The Kier molecular flexibility index (Phi) is 4.31. The maximum absolute atomic E-state index is 11.8. The molecule has 3 amide bonds. The van der Waals surface area contributed by atoms with Crippen LogP contribution in [0, 0.1) is 0 Å². The Morgan fingerprint density at radius 2 is 1.96 bits per heavy atom. The van der Waals surface area contributed by atoms with Gasteiger partial charge in [-0.05, 0) is 12.1 Å². The van der Waals surface area contributed by atoms with Crippen molar-refractivity contribution in [3.63, 3.8) is 0 Å². The Labute approximate surface area is 132 Å². The summed E-state index contributed by atoms with van der Waals surface area (Å²) in [7, 11) is 0. The van der Waals surface area contributed by atoms with Crippen LogP contribution in [0.25, 0.3) is 5.65 Å². The zero-order valence-corrected chi connectivity index (χ0v) is 12.6. The Bertz CT molecular complexity index is 738. The molecule has 1 aliphatic rings. The normalized spacial score (nSPS) is 14.7. The van der Waals surface area contributed by atoms with Crippen molar-refractivity contribution in [1.29, 1.82) is 0 Å². The van der Waals surface area contributed by atoms with Crippen LogP contribution in [0.5, 0.6) is 0 Å². The van der Waals surface area contributed by atoms with Crippen molar-refractivity contribution >= 4 is 23.4 Å². The molecule has 1 fully saturated rings. The maximum atomic E-state index is 11.8. The number of nitrogens with zero attached hydrogens (tertiary/aromatic N) is 4. The summed E-state index contributed by atoms with van der Waals surface area (Å²) in [5.74, 6) is 0.188. The molecule has 0 unspecified atom stereocenters. The second kappa shape index (κ2) is 6.55. The number of imide groups is 1. The zero-order chi connectivity index (χ0) is 16.2. The van der Waals surface area contributed by atoms with E-state index in [1.807, 2.05) is 28.8 Å². The predicted molar refractivity (Wildman–Crippen MR) is 80.3 cm³/mol. The van der Waals surface area contributed by atoms with Crippen molar-refractivity contribution in [3.8, 4) is 0 Å². The number of carbonyl (C=O) groups excluding carboxylic acids is 3. The van der Waals surface area contributed by atoms with Crippen LogP contribution < -0.4 is 5.32 Å². The van der Waals surface area contributed by atoms with Crippen LogP contribution in [0.15, 0.2) is 24.4 Å². The molecule has 8 nitrogen and oxygen atoms in total. The first-order chi connectivity index (χ1) is 11.1. The smallest absolute Gasteiger partial charge is 0.229 e. The van der Waals surface area contributed by atoms with Gasteiger partial charge >= 0.3 is 0 Å². The van der Waals surface area contributed by atoms with Crippen molar-refractivity contribution in [3.05, 3.63) is 30.2 Å². The third-order valence-electron chi connectivity index (χ3n) is 3.77. The van der Waals surface area contributed by atoms with Gasteiger partial charge < -0.3 is 5.32 Å². The summed E-state index contributed by atoms with van der Waals surface area (Å²) < 4.78 is 1.87. The summed E-state index contributed by atoms with van der Waals surface area (Å²) in [5.41, 5.74) is 0.764. The minimum atomic E-state index is -0.197. The van der Waals surface area contributed by atoms with Gasteiger partial charge in [0, 0.05) is 45.0 Å². The third kappa shape index (κ3) is 3.36. The van der Waals surface area contributed by atoms with Gasteiger partial charge in [-0.2, -0.15) is 0 Å². The first kappa shape index (κ1) is 15.1. The molecule has 8 heteroatoms. The van der Waals surface area contributed by atoms with E-state index in [1.165, 1.54) is 0 Å². The molecule has 2 aromatic rings. The number of pyridine rings is 1. The minimum Gasteiger partial charge on any atom is -0.356 e. The molecular formula is C15H17N5O3. The molecule has 120 valence electrons. The minimum absolute atomic E-state index is 0.123. The van der Waals surface area contributed by atoms with E-state index in [4.69, 9.17) is 0 Å². The van der Waals surface area contributed by atoms with Gasteiger partial charge in [0.1, 0.15) is 5.82 Å². The van der Waals surface area contributed by atoms with Crippen molar-refractivity contribution < 1.29 is 14.4 Å². The van der Waals surface area contributed by atoms with Gasteiger partial charge in [-0.3, -0.25) is 23.7 Å². The highest BCUT2D eigenvalue weighted by molar-refractivity contribution is 6.02. The molecule has 2 aromatic heterocycles. The number of rotatable bonds is 6. The number of aromatic nitrogens is 3. The SMILES string of the molecule is O=C(CCN1C(=O)CCC1=O)NCCc1nnc2ccccn12. The first-order valence-corrected chi connectivity index (χ1v) is 7.53. The van der Waals surface area contributed by atoms with E-state index in [1.54, 1.807) is 0 Å². The summed E-state index contributed by atoms with van der Waals surface area (Å²) in [6, 6.07) is 5.64. The average molecular weight is 315 g/mol. The van der Waals surface area contributed by atoms with Gasteiger partial charge in [0.05, 0.1) is 0 Å². The van der Waals surface area contributed by atoms with Crippen LogP contribution >= 0.6 is 0 Å². The lowest BCUT2D eigenvalue weighted by Crippen LogP contribution is -2.34. The number of nitrogens with one attached hydrogen (secondary N) is 1. The molecule has 23 heavy (non-hydrogen) atoms. The fourth-order valence-corrected chi connectivity index (χ4v) is 2.55. The quantitative estimate of drug-likeness (QED) is 0.753. The Morgan fingerprint density at radius 3 is 2.74 bits per heavy atom. The van der Waals surface area contributed by atoms with E-state index in [-0.39, 0.29) is 43.5 Å². The van der Waals surface area contributed by atoms with Crippen molar-refractivity contribution in [1.82, 2.24) is 24.8 Å². The predicted octanol–water partition coefficient (Wildman–Crippen LogP) is -0.0729. The molecule has 0 atom stereocenters. The second-order valence-electron chi connectivity index (χ2n) is 5.33. The van der Waals surface area contributed by atoms with Crippen molar-refractivity contribution in [2.24, 2.45) is 0 Å². The first-order valence-electron chi connectivity index (χ1n) is 7.53. The van der Waals surface area contributed by atoms with Gasteiger partial charge in [0.25, 0.3) is 0 Å². The van der Waals surface area contributed by atoms with Crippen LogP contribution in [-0.4, -0.2) is 50.3 Å². The summed E-state index contributed by atoms with van der Waals surface area (Å²) in [6.07, 6.45) is 3.05. The number of likely N-dealkylation sites (tertiary alicyclic amines) is 1. The number of carbonyl (C=O) groups is 3. The molecular weight excluding hydrogens is 298 g/mol. The average Bonchev–Trinajstić information content (AvgIpc) is 3.10. The van der Waals surface area contributed by atoms with E-state index in [9.17, 15) is 14.4 Å². The molecule has 0 aliphatic carbocycles. The number of hydrogen-bond acceptors (Lipinski definition) is 5. The van der Waals surface area contributed by atoms with Gasteiger partial charge in [0.15, 0.2) is 5.65 Å². The Morgan fingerprint density at radius 1 is 1.17 bits per heavy atom. The van der Waals surface area contributed by atoms with Crippen LogP contribution in [0.3, 0.4) is 0 Å². The molecule has 1 aliphatic heterocycles. The highest BCUT2D eigenvalue weighted by Gasteiger charge is 2.28. The fraction of sp³-hybridized carbons (Fsp3) is 0.400. The van der Waals surface area contributed by atoms with Crippen LogP contribution in [0.2, 0.25) is 0 Å². The zero-order valence-electron chi connectivity index (χ0n) is 12.6. The number of fused-ring (bicyclic) bond motifs is 1. The molecule has 0 saturated carbocycles. The summed E-state index contributed by atoms with van der Waals surface area (Å²) in [6.45, 7) is 0.577. The molecule has 1 saturated heterocycles. The maximum Gasteiger partial charge on any atom is 0.229 e. The standard InChI is InChI=1S/C15H17N5O3/c21-13(7-10-20-14(22)4-5-15(20)23)16-8-6-12-18-17-11-3-1-2-9-19(11)12/h1-3,9H,4-8,10H2,(H,16,21). The van der Waals surface area contributed by atoms with Gasteiger partial charge in [-0.25, -0.2) is 0 Å². The summed E-state index contributed by atoms with van der Waals surface area (Å²) in [5, 5.41) is 10.9. The van der Waals surface area contributed by atoms with Gasteiger partial charge in [-0.15, -0.1) is 10.2 Å². The van der Waals surface area contributed by atoms with E-state index >= 15 is 0 Å². The number of hydrogen-bond donors (Lipinski definition) is 1.